The number of nitrogens with one attached hydrogen (secondary N) is 1. The third-order valence-electron chi connectivity index (χ3n) is 7.65. The lowest BCUT2D eigenvalue weighted by Crippen LogP contribution is -2.43. The summed E-state index contributed by atoms with van der Waals surface area (Å²) in [6.45, 7) is 10.6. The van der Waals surface area contributed by atoms with E-state index in [1.165, 1.54) is 6.92 Å². The average molecular weight is 587 g/mol. The number of aliphatic hydroxyl groups is 1. The maximum atomic E-state index is 12.3. The molecule has 0 aliphatic carbocycles. The molecule has 3 aromatic rings. The van der Waals surface area contributed by atoms with Crippen LogP contribution in [-0.2, 0) is 37.0 Å². The molecule has 0 bridgehead atoms. The molecule has 0 unspecified atom stereocenters. The molecule has 0 saturated carbocycles. The maximum Gasteiger partial charge on any atom is 0.303 e. The first kappa shape index (κ1) is 32.1. The van der Waals surface area contributed by atoms with Crippen molar-refractivity contribution >= 4 is 11.9 Å². The minimum Gasteiger partial charge on any atom is -0.453 e. The fourth-order valence-corrected chi connectivity index (χ4v) is 5.29. The molecule has 8 nitrogen and oxygen atoms in total. The maximum absolute atomic E-state index is 12.3. The summed E-state index contributed by atoms with van der Waals surface area (Å²) in [4.78, 5) is 25.7. The largest absolute Gasteiger partial charge is 0.453 e. The average Bonchev–Trinajstić information content (AvgIpc) is 3.01. The quantitative estimate of drug-likeness (QED) is 0.219. The molecule has 0 radical (unpaired) electrons. The van der Waals surface area contributed by atoms with Gasteiger partial charge in [-0.1, -0.05) is 73.7 Å². The van der Waals surface area contributed by atoms with Gasteiger partial charge in [-0.3, -0.25) is 9.59 Å². The van der Waals surface area contributed by atoms with Gasteiger partial charge in [0, 0.05) is 38.0 Å². The van der Waals surface area contributed by atoms with Gasteiger partial charge in [-0.05, 0) is 53.9 Å². The summed E-state index contributed by atoms with van der Waals surface area (Å²) in [6, 6.07) is 24.0. The third kappa shape index (κ3) is 8.61. The zero-order valence-corrected chi connectivity index (χ0v) is 25.4. The number of esters is 1. The van der Waals surface area contributed by atoms with Crippen molar-refractivity contribution in [2.45, 2.75) is 58.5 Å². The molecule has 1 aliphatic heterocycles. The van der Waals surface area contributed by atoms with Crippen LogP contribution in [0.5, 0.6) is 0 Å². The van der Waals surface area contributed by atoms with Gasteiger partial charge in [-0.2, -0.15) is 0 Å². The van der Waals surface area contributed by atoms with Gasteiger partial charge in [0.15, 0.2) is 12.4 Å². The van der Waals surface area contributed by atoms with Crippen molar-refractivity contribution < 1.29 is 28.9 Å². The number of nitrogens with zero attached hydrogens (tertiary/aromatic N) is 1. The van der Waals surface area contributed by atoms with Crippen molar-refractivity contribution in [3.63, 3.8) is 0 Å². The molecule has 0 spiro atoms. The Kier molecular flexibility index (Phi) is 11.3. The Hall–Kier alpha value is -3.82. The van der Waals surface area contributed by atoms with Crippen LogP contribution in [0.1, 0.15) is 55.4 Å². The smallest absolute Gasteiger partial charge is 0.303 e. The van der Waals surface area contributed by atoms with Gasteiger partial charge >= 0.3 is 5.97 Å². The zero-order valence-electron chi connectivity index (χ0n) is 25.4. The Bertz CT molecular complexity index is 1390. The number of carbonyl (C=O) groups excluding carboxylic acids is 2. The number of ether oxygens (including phenoxy) is 3. The number of hydrogen-bond acceptors (Lipinski definition) is 7. The molecule has 1 heterocycles. The van der Waals surface area contributed by atoms with Crippen LogP contribution < -0.4 is 5.32 Å². The van der Waals surface area contributed by atoms with Gasteiger partial charge in [-0.25, -0.2) is 0 Å². The minimum absolute atomic E-state index is 0.00413. The Labute approximate surface area is 254 Å². The monoisotopic (exact) mass is 586 g/mol. The van der Waals surface area contributed by atoms with Crippen molar-refractivity contribution in [1.29, 1.82) is 0 Å². The number of amides is 1. The highest BCUT2D eigenvalue weighted by Gasteiger charge is 2.38. The summed E-state index contributed by atoms with van der Waals surface area (Å²) >= 11 is 0. The van der Waals surface area contributed by atoms with Crippen LogP contribution in [0.3, 0.4) is 0 Å². The second kappa shape index (κ2) is 15.1. The van der Waals surface area contributed by atoms with Crippen molar-refractivity contribution in [3.05, 3.63) is 108 Å². The molecule has 1 fully saturated rings. The van der Waals surface area contributed by atoms with Crippen LogP contribution in [0.15, 0.2) is 85.5 Å². The summed E-state index contributed by atoms with van der Waals surface area (Å²) in [5, 5.41) is 12.3. The Morgan fingerprint density at radius 3 is 2.40 bits per heavy atom. The van der Waals surface area contributed by atoms with E-state index >= 15 is 0 Å². The molecule has 1 saturated heterocycles. The van der Waals surface area contributed by atoms with Gasteiger partial charge in [0.1, 0.15) is 0 Å². The first-order chi connectivity index (χ1) is 20.7. The van der Waals surface area contributed by atoms with Crippen LogP contribution >= 0.6 is 0 Å². The normalized spacial score (nSPS) is 20.8. The first-order valence-corrected chi connectivity index (χ1v) is 14.6. The van der Waals surface area contributed by atoms with E-state index in [0.29, 0.717) is 6.54 Å². The van der Waals surface area contributed by atoms with Crippen LogP contribution in [0.2, 0.25) is 0 Å². The topological polar surface area (TPSA) is 97.3 Å². The van der Waals surface area contributed by atoms with E-state index in [1.54, 1.807) is 6.92 Å². The van der Waals surface area contributed by atoms with Gasteiger partial charge in [-0.15, -0.1) is 6.58 Å². The lowest BCUT2D eigenvalue weighted by atomic mass is 9.90. The summed E-state index contributed by atoms with van der Waals surface area (Å²) in [5.41, 5.74) is 5.71. The van der Waals surface area contributed by atoms with E-state index in [0.717, 1.165) is 46.5 Å². The highest BCUT2D eigenvalue weighted by Crippen LogP contribution is 2.42. The molecule has 8 heteroatoms. The summed E-state index contributed by atoms with van der Waals surface area (Å²) < 4.78 is 18.2. The second-order valence-corrected chi connectivity index (χ2v) is 11.1. The SMILES string of the molecule is C=CCN(C)C[C@H]1O[C@@H](c2cccc(-c3cccc(CNC(=O)[C@H](C)OC(C)=O)c3)c2)O[C@@H](c2ccc(CO)cc2)[C@H]1C. The standard InChI is InChI=1S/C35H42N2O6/c1-6-17-37(5)21-32-23(2)33(28-15-13-26(22-38)14-16-28)43-35(42-32)31-12-8-11-30(19-31)29-10-7-9-27(18-29)20-36-34(40)24(3)41-25(4)39/h6-16,18-19,23-24,32-33,35,38H,1,17,20-22H2,2-5H3,(H,36,40)/t23-,24-,32+,33+,35+/m0/s1. The van der Waals surface area contributed by atoms with Crippen LogP contribution in [0.4, 0.5) is 0 Å². The van der Waals surface area contributed by atoms with E-state index in [2.05, 4.69) is 36.8 Å². The predicted molar refractivity (Wildman–Crippen MR) is 166 cm³/mol. The minimum atomic E-state index is -0.854. The fraction of sp³-hybridized carbons (Fsp3) is 0.371. The summed E-state index contributed by atoms with van der Waals surface area (Å²) in [7, 11) is 2.06. The van der Waals surface area contributed by atoms with Crippen molar-refractivity contribution in [2.75, 3.05) is 20.1 Å². The lowest BCUT2D eigenvalue weighted by Gasteiger charge is -2.42. The van der Waals surface area contributed by atoms with E-state index in [1.807, 2.05) is 72.8 Å². The highest BCUT2D eigenvalue weighted by molar-refractivity contribution is 5.82. The number of likely N-dealkylation sites (N-methyl/N-ethyl adjacent to an activating group) is 1. The number of aliphatic hydroxyl groups excluding tert-OH is 1. The summed E-state index contributed by atoms with van der Waals surface area (Å²) in [6.07, 6.45) is 0.170. The predicted octanol–water partition coefficient (Wildman–Crippen LogP) is 5.32. The van der Waals surface area contributed by atoms with E-state index in [9.17, 15) is 14.7 Å². The first-order valence-electron chi connectivity index (χ1n) is 14.6. The van der Waals surface area contributed by atoms with Crippen molar-refractivity contribution in [1.82, 2.24) is 10.2 Å². The summed E-state index contributed by atoms with van der Waals surface area (Å²) in [5.74, 6) is -0.759. The molecule has 0 aromatic heterocycles. The van der Waals surface area contributed by atoms with Crippen molar-refractivity contribution in [3.8, 4) is 11.1 Å². The molecule has 2 N–H and O–H groups in total. The number of hydrogen-bond donors (Lipinski definition) is 2. The third-order valence-corrected chi connectivity index (χ3v) is 7.65. The van der Waals surface area contributed by atoms with Crippen LogP contribution in [-0.4, -0.2) is 54.2 Å². The van der Waals surface area contributed by atoms with Gasteiger partial charge < -0.3 is 29.5 Å². The van der Waals surface area contributed by atoms with E-state index < -0.39 is 18.4 Å². The second-order valence-electron chi connectivity index (χ2n) is 11.1. The van der Waals surface area contributed by atoms with Crippen LogP contribution in [0.25, 0.3) is 11.1 Å². The number of benzene rings is 3. The molecule has 4 rings (SSSR count). The molecule has 3 aromatic carbocycles. The Morgan fingerprint density at radius 1 is 1.02 bits per heavy atom. The van der Waals surface area contributed by atoms with Gasteiger partial charge in [0.05, 0.1) is 18.8 Å². The molecule has 228 valence electrons. The molecular formula is C35H42N2O6. The molecular weight excluding hydrogens is 544 g/mol. The van der Waals surface area contributed by atoms with Gasteiger partial charge in [0.25, 0.3) is 5.91 Å². The molecule has 5 atom stereocenters. The lowest BCUT2D eigenvalue weighted by molar-refractivity contribution is -0.275. The number of rotatable bonds is 12. The van der Waals surface area contributed by atoms with Crippen molar-refractivity contribution in [2.24, 2.45) is 5.92 Å². The molecule has 43 heavy (non-hydrogen) atoms. The zero-order chi connectivity index (χ0) is 30.9. The van der Waals surface area contributed by atoms with Crippen LogP contribution in [0, 0.1) is 5.92 Å². The van der Waals surface area contributed by atoms with E-state index in [-0.39, 0.29) is 30.6 Å². The van der Waals surface area contributed by atoms with E-state index in [4.69, 9.17) is 14.2 Å². The molecule has 1 aliphatic rings. The highest BCUT2D eigenvalue weighted by atomic mass is 16.7. The Morgan fingerprint density at radius 2 is 1.72 bits per heavy atom. The Balaban J connectivity index is 1.55. The van der Waals surface area contributed by atoms with Gasteiger partial charge in [0.2, 0.25) is 0 Å². The molecule has 1 amide bonds. The fourth-order valence-electron chi connectivity index (χ4n) is 5.29. The number of carbonyl (C=O) groups is 2.